The standard InChI is InChI=1S/C29H39FN6O5/c1-18(2)35(10-11-37)26(38)22-12-19(30)6-9-23(22)40-25-24(31-17-32-33-25)34-15-29(16-34)13-20-7-8-21(14-29)36(20)27(39)41-28(3,4)5/h6,9,12,17-18,20-21,37H,7-8,10-11,13-16H2,1-5H3. The van der Waals surface area contributed by atoms with Gasteiger partial charge in [0.25, 0.3) is 11.8 Å². The van der Waals surface area contributed by atoms with Gasteiger partial charge in [-0.05, 0) is 78.5 Å². The smallest absolute Gasteiger partial charge is 0.410 e. The number of hydrogen-bond donors (Lipinski definition) is 1. The number of carbonyl (C=O) groups is 2. The molecule has 2 bridgehead atoms. The Morgan fingerprint density at radius 2 is 1.88 bits per heavy atom. The lowest BCUT2D eigenvalue weighted by Gasteiger charge is -2.56. The quantitative estimate of drug-likeness (QED) is 0.526. The number of amides is 2. The van der Waals surface area contributed by atoms with E-state index >= 15 is 0 Å². The normalized spacial score (nSPS) is 21.2. The number of anilines is 1. The molecule has 1 N–H and O–H groups in total. The monoisotopic (exact) mass is 570 g/mol. The molecule has 12 heteroatoms. The van der Waals surface area contributed by atoms with Gasteiger partial charge in [0, 0.05) is 43.2 Å². The van der Waals surface area contributed by atoms with E-state index in [1.165, 1.54) is 23.4 Å². The van der Waals surface area contributed by atoms with Crippen LogP contribution in [-0.4, -0.2) is 92.1 Å². The molecule has 1 aromatic carbocycles. The predicted octanol–water partition coefficient (Wildman–Crippen LogP) is 4.01. The summed E-state index contributed by atoms with van der Waals surface area (Å²) in [5.41, 5.74) is -0.461. The van der Waals surface area contributed by atoms with E-state index in [1.807, 2.05) is 39.5 Å². The molecule has 41 heavy (non-hydrogen) atoms. The first-order chi connectivity index (χ1) is 19.4. The number of rotatable bonds is 7. The maximum absolute atomic E-state index is 14.2. The number of hydrogen-bond acceptors (Lipinski definition) is 9. The number of piperidine rings is 1. The van der Waals surface area contributed by atoms with Crippen LogP contribution in [0.4, 0.5) is 15.0 Å². The Morgan fingerprint density at radius 3 is 2.49 bits per heavy atom. The van der Waals surface area contributed by atoms with Crippen molar-refractivity contribution in [1.82, 2.24) is 25.0 Å². The van der Waals surface area contributed by atoms with Crippen LogP contribution in [-0.2, 0) is 4.74 Å². The first kappa shape index (κ1) is 29.0. The van der Waals surface area contributed by atoms with Gasteiger partial charge in [0.2, 0.25) is 0 Å². The number of carbonyl (C=O) groups excluding carboxylic acids is 2. The van der Waals surface area contributed by atoms with Gasteiger partial charge in [-0.3, -0.25) is 4.79 Å². The minimum Gasteiger partial charge on any atom is -0.444 e. The Balaban J connectivity index is 1.31. The highest BCUT2D eigenvalue weighted by atomic mass is 19.1. The third-order valence-electron chi connectivity index (χ3n) is 8.09. The number of benzene rings is 1. The molecule has 4 heterocycles. The van der Waals surface area contributed by atoms with Crippen molar-refractivity contribution in [2.45, 2.75) is 84.0 Å². The van der Waals surface area contributed by atoms with Crippen molar-refractivity contribution in [1.29, 1.82) is 0 Å². The van der Waals surface area contributed by atoms with Gasteiger partial charge in [0.1, 0.15) is 23.5 Å². The Morgan fingerprint density at radius 1 is 1.20 bits per heavy atom. The molecule has 1 spiro atoms. The molecule has 3 aliphatic rings. The molecule has 3 saturated heterocycles. The Labute approximate surface area is 239 Å². The fraction of sp³-hybridized carbons (Fsp3) is 0.621. The summed E-state index contributed by atoms with van der Waals surface area (Å²) in [6, 6.07) is 3.82. The molecule has 5 rings (SSSR count). The molecule has 2 atom stereocenters. The van der Waals surface area contributed by atoms with Crippen LogP contribution < -0.4 is 9.64 Å². The van der Waals surface area contributed by atoms with Crippen LogP contribution in [0.5, 0.6) is 11.6 Å². The highest BCUT2D eigenvalue weighted by Gasteiger charge is 2.56. The molecule has 2 aromatic rings. The van der Waals surface area contributed by atoms with E-state index in [4.69, 9.17) is 9.47 Å². The van der Waals surface area contributed by atoms with Crippen LogP contribution in [0.15, 0.2) is 24.5 Å². The van der Waals surface area contributed by atoms with Crippen molar-refractivity contribution in [3.8, 4) is 11.6 Å². The van der Waals surface area contributed by atoms with E-state index in [0.29, 0.717) is 5.82 Å². The van der Waals surface area contributed by atoms with E-state index < -0.39 is 17.3 Å². The zero-order valence-electron chi connectivity index (χ0n) is 24.3. The van der Waals surface area contributed by atoms with E-state index in [1.54, 1.807) is 0 Å². The lowest BCUT2D eigenvalue weighted by atomic mass is 9.69. The van der Waals surface area contributed by atoms with Crippen molar-refractivity contribution >= 4 is 17.8 Å². The molecule has 3 aliphatic heterocycles. The van der Waals surface area contributed by atoms with Gasteiger partial charge in [-0.15, -0.1) is 10.2 Å². The van der Waals surface area contributed by atoms with Crippen molar-refractivity contribution in [2.75, 3.05) is 31.1 Å². The summed E-state index contributed by atoms with van der Waals surface area (Å²) in [5, 5.41) is 17.5. The van der Waals surface area contributed by atoms with Crippen LogP contribution in [0, 0.1) is 11.2 Å². The molecule has 1 aromatic heterocycles. The number of aliphatic hydroxyl groups is 1. The van der Waals surface area contributed by atoms with E-state index in [9.17, 15) is 19.1 Å². The van der Waals surface area contributed by atoms with E-state index in [2.05, 4.69) is 20.1 Å². The number of aliphatic hydroxyl groups excluding tert-OH is 1. The second-order valence-corrected chi connectivity index (χ2v) is 12.7. The average Bonchev–Trinajstić information content (AvgIpc) is 3.16. The van der Waals surface area contributed by atoms with Crippen LogP contribution in [0.25, 0.3) is 0 Å². The Kier molecular flexibility index (Phi) is 7.80. The van der Waals surface area contributed by atoms with E-state index in [-0.39, 0.29) is 60.0 Å². The summed E-state index contributed by atoms with van der Waals surface area (Å²) in [6.07, 6.45) is 4.84. The van der Waals surface area contributed by atoms with Crippen LogP contribution >= 0.6 is 0 Å². The fourth-order valence-corrected chi connectivity index (χ4v) is 6.49. The second kappa shape index (κ2) is 11.0. The van der Waals surface area contributed by atoms with Gasteiger partial charge in [0.15, 0.2) is 5.82 Å². The summed E-state index contributed by atoms with van der Waals surface area (Å²) in [6.45, 7) is 10.6. The molecule has 3 fully saturated rings. The maximum Gasteiger partial charge on any atom is 0.410 e. The summed E-state index contributed by atoms with van der Waals surface area (Å²) in [5.74, 6) is -0.302. The topological polar surface area (TPSA) is 121 Å². The molecular weight excluding hydrogens is 531 g/mol. The molecule has 0 aliphatic carbocycles. The SMILES string of the molecule is CC(C)N(CCO)C(=O)c1cc(F)ccc1Oc1nncnc1N1CC2(CC3CCC(C2)N3C(=O)OC(C)(C)C)C1. The van der Waals surface area contributed by atoms with Crippen LogP contribution in [0.2, 0.25) is 0 Å². The molecule has 222 valence electrons. The van der Waals surface area contributed by atoms with Gasteiger partial charge in [0.05, 0.1) is 12.2 Å². The predicted molar refractivity (Wildman–Crippen MR) is 148 cm³/mol. The summed E-state index contributed by atoms with van der Waals surface area (Å²) >= 11 is 0. The van der Waals surface area contributed by atoms with Crippen molar-refractivity contribution in [3.05, 3.63) is 35.9 Å². The van der Waals surface area contributed by atoms with Crippen LogP contribution in [0.3, 0.4) is 0 Å². The van der Waals surface area contributed by atoms with Gasteiger partial charge < -0.3 is 29.3 Å². The largest absolute Gasteiger partial charge is 0.444 e. The number of ether oxygens (including phenoxy) is 2. The lowest BCUT2D eigenvalue weighted by molar-refractivity contribution is -0.0183. The molecule has 2 amide bonds. The average molecular weight is 571 g/mol. The lowest BCUT2D eigenvalue weighted by Crippen LogP contribution is -2.64. The van der Waals surface area contributed by atoms with E-state index in [0.717, 1.165) is 44.8 Å². The third-order valence-corrected chi connectivity index (χ3v) is 8.09. The highest BCUT2D eigenvalue weighted by molar-refractivity contribution is 5.97. The van der Waals surface area contributed by atoms with Crippen molar-refractivity contribution in [2.24, 2.45) is 5.41 Å². The van der Waals surface area contributed by atoms with Gasteiger partial charge in [-0.1, -0.05) is 0 Å². The van der Waals surface area contributed by atoms with Gasteiger partial charge in [-0.2, -0.15) is 0 Å². The van der Waals surface area contributed by atoms with Gasteiger partial charge >= 0.3 is 6.09 Å². The zero-order chi connectivity index (χ0) is 29.5. The Bertz CT molecular complexity index is 1280. The summed E-state index contributed by atoms with van der Waals surface area (Å²) < 4.78 is 26.0. The molecular formula is C29H39FN6O5. The maximum atomic E-state index is 14.2. The third kappa shape index (κ3) is 5.93. The number of halogens is 1. The molecule has 0 radical (unpaired) electrons. The number of fused-ring (bicyclic) bond motifs is 2. The molecule has 2 unspecified atom stereocenters. The first-order valence-electron chi connectivity index (χ1n) is 14.2. The number of aromatic nitrogens is 3. The zero-order valence-corrected chi connectivity index (χ0v) is 24.3. The molecule has 11 nitrogen and oxygen atoms in total. The minimum atomic E-state index is -0.581. The highest BCUT2D eigenvalue weighted by Crippen LogP contribution is 2.52. The van der Waals surface area contributed by atoms with Crippen LogP contribution in [0.1, 0.15) is 70.7 Å². The van der Waals surface area contributed by atoms with Crippen molar-refractivity contribution < 1.29 is 28.6 Å². The first-order valence-corrected chi connectivity index (χ1v) is 14.2. The Hall–Kier alpha value is -3.54. The summed E-state index contributed by atoms with van der Waals surface area (Å²) in [4.78, 5) is 36.1. The second-order valence-electron chi connectivity index (χ2n) is 12.7. The van der Waals surface area contributed by atoms with Crippen molar-refractivity contribution in [3.63, 3.8) is 0 Å². The fourth-order valence-electron chi connectivity index (χ4n) is 6.49. The summed E-state index contributed by atoms with van der Waals surface area (Å²) in [7, 11) is 0. The molecule has 0 saturated carbocycles. The van der Waals surface area contributed by atoms with Gasteiger partial charge in [-0.25, -0.2) is 14.2 Å². The minimum absolute atomic E-state index is 0.0231. The number of nitrogens with zero attached hydrogens (tertiary/aromatic N) is 6.